The van der Waals surface area contributed by atoms with E-state index < -0.39 is 10.0 Å². The Morgan fingerprint density at radius 2 is 1.89 bits per heavy atom. The number of para-hydroxylation sites is 1. The summed E-state index contributed by atoms with van der Waals surface area (Å²) in [6.45, 7) is 2.22. The van der Waals surface area contributed by atoms with E-state index in [0.29, 0.717) is 28.9 Å². The Kier molecular flexibility index (Phi) is 5.06. The van der Waals surface area contributed by atoms with Gasteiger partial charge in [0.25, 0.3) is 10.0 Å². The van der Waals surface area contributed by atoms with Gasteiger partial charge in [-0.1, -0.05) is 37.1 Å². The molecule has 1 saturated carbocycles. The highest BCUT2D eigenvalue weighted by molar-refractivity contribution is 7.93. The van der Waals surface area contributed by atoms with E-state index in [-0.39, 0.29) is 0 Å². The van der Waals surface area contributed by atoms with Gasteiger partial charge in [0.1, 0.15) is 10.6 Å². The minimum absolute atomic E-state index is 0.291. The van der Waals surface area contributed by atoms with Crippen molar-refractivity contribution in [3.8, 4) is 10.6 Å². The molecule has 2 aromatic heterocycles. The molecule has 142 valence electrons. The average molecular weight is 402 g/mol. The van der Waals surface area contributed by atoms with Crippen molar-refractivity contribution >= 4 is 27.0 Å². The van der Waals surface area contributed by atoms with E-state index in [1.54, 1.807) is 6.20 Å². The molecule has 2 heterocycles. The van der Waals surface area contributed by atoms with Crippen molar-refractivity contribution in [1.29, 1.82) is 0 Å². The molecular weight excluding hydrogens is 378 g/mol. The molecule has 0 saturated heterocycles. The molecular formula is C20H23N3O2S2. The third-order valence-corrected chi connectivity index (χ3v) is 7.83. The fraction of sp³-hybridized carbons (Fsp3) is 0.350. The van der Waals surface area contributed by atoms with Crippen molar-refractivity contribution in [2.24, 2.45) is 0 Å². The maximum atomic E-state index is 13.6. The number of benzene rings is 1. The van der Waals surface area contributed by atoms with Crippen LogP contribution in [-0.4, -0.2) is 24.7 Å². The Hall–Kier alpha value is -2.12. The smallest absolute Gasteiger partial charge is 0.268 e. The number of hydrogen-bond donors (Lipinski definition) is 0. The Morgan fingerprint density at radius 1 is 1.15 bits per heavy atom. The van der Waals surface area contributed by atoms with Crippen molar-refractivity contribution in [3.05, 3.63) is 54.0 Å². The lowest BCUT2D eigenvalue weighted by molar-refractivity contribution is 0.467. The minimum atomic E-state index is -3.71. The number of rotatable bonds is 6. The zero-order valence-corrected chi connectivity index (χ0v) is 16.9. The van der Waals surface area contributed by atoms with Gasteiger partial charge < -0.3 is 0 Å². The summed E-state index contributed by atoms with van der Waals surface area (Å²) >= 11 is 1.52. The van der Waals surface area contributed by atoms with Gasteiger partial charge in [-0.05, 0) is 43.3 Å². The van der Waals surface area contributed by atoms with Crippen molar-refractivity contribution < 1.29 is 8.42 Å². The maximum Gasteiger partial charge on any atom is 0.268 e. The number of sulfonamides is 1. The topological polar surface area (TPSA) is 55.2 Å². The van der Waals surface area contributed by atoms with Gasteiger partial charge in [-0.15, -0.1) is 11.3 Å². The summed E-state index contributed by atoms with van der Waals surface area (Å²) in [6.07, 6.45) is 6.20. The monoisotopic (exact) mass is 401 g/mol. The Balaban J connectivity index is 1.83. The predicted octanol–water partition coefficient (Wildman–Crippen LogP) is 4.94. The zero-order chi connectivity index (χ0) is 18.9. The normalized spacial score (nSPS) is 15.3. The molecule has 3 aromatic rings. The molecule has 0 unspecified atom stereocenters. The summed E-state index contributed by atoms with van der Waals surface area (Å²) in [5, 5.41) is 6.69. The summed E-state index contributed by atoms with van der Waals surface area (Å²) < 4.78 is 30.5. The lowest BCUT2D eigenvalue weighted by atomic mass is 10.3. The summed E-state index contributed by atoms with van der Waals surface area (Å²) in [4.78, 5) is 1.18. The number of anilines is 1. The van der Waals surface area contributed by atoms with Crippen molar-refractivity contribution in [2.45, 2.75) is 43.5 Å². The fourth-order valence-electron chi connectivity index (χ4n) is 3.71. The van der Waals surface area contributed by atoms with Crippen LogP contribution in [0, 0.1) is 0 Å². The summed E-state index contributed by atoms with van der Waals surface area (Å²) in [5.41, 5.74) is 1.23. The largest absolute Gasteiger partial charge is 0.268 e. The van der Waals surface area contributed by atoms with Crippen LogP contribution in [0.15, 0.2) is 58.9 Å². The molecule has 0 spiro atoms. The fourth-order valence-corrected chi connectivity index (χ4v) is 6.11. The van der Waals surface area contributed by atoms with Gasteiger partial charge in [0.15, 0.2) is 0 Å². The third kappa shape index (κ3) is 3.41. The minimum Gasteiger partial charge on any atom is -0.268 e. The van der Waals surface area contributed by atoms with E-state index in [9.17, 15) is 8.42 Å². The molecule has 0 bridgehead atoms. The second-order valence-corrected chi connectivity index (χ2v) is 9.52. The van der Waals surface area contributed by atoms with Crippen molar-refractivity contribution in [3.63, 3.8) is 0 Å². The quantitative estimate of drug-likeness (QED) is 0.588. The molecule has 0 atom stereocenters. The molecule has 27 heavy (non-hydrogen) atoms. The van der Waals surface area contributed by atoms with Crippen LogP contribution in [-0.2, 0) is 10.0 Å². The second-order valence-electron chi connectivity index (χ2n) is 6.74. The molecule has 1 aromatic carbocycles. The van der Waals surface area contributed by atoms with Crippen molar-refractivity contribution in [1.82, 2.24) is 9.78 Å². The van der Waals surface area contributed by atoms with Crippen LogP contribution in [0.3, 0.4) is 0 Å². The summed E-state index contributed by atoms with van der Waals surface area (Å²) in [5.74, 6) is 0. The van der Waals surface area contributed by atoms with Crippen LogP contribution in [0.4, 0.5) is 5.69 Å². The standard InChI is InChI=1S/C20H23N3O2S2/c1-2-23(17-11-4-3-5-12-17)27(24,25)19-15-22(16-9-6-7-10-16)21-20(19)18-13-8-14-26-18/h3-5,8,11-16H,2,6-7,9-10H2,1H3. The first kappa shape index (κ1) is 18.3. The van der Waals surface area contributed by atoms with Gasteiger partial charge in [-0.25, -0.2) is 8.42 Å². The van der Waals surface area contributed by atoms with E-state index in [0.717, 1.165) is 17.7 Å². The summed E-state index contributed by atoms with van der Waals surface area (Å²) in [6, 6.07) is 13.4. The highest BCUT2D eigenvalue weighted by atomic mass is 32.2. The van der Waals surface area contributed by atoms with E-state index >= 15 is 0 Å². The highest BCUT2D eigenvalue weighted by Crippen LogP contribution is 2.36. The predicted molar refractivity (Wildman–Crippen MR) is 110 cm³/mol. The molecule has 1 aliphatic carbocycles. The molecule has 1 fully saturated rings. The van der Waals surface area contributed by atoms with Crippen LogP contribution in [0.2, 0.25) is 0 Å². The van der Waals surface area contributed by atoms with Crippen LogP contribution in [0.25, 0.3) is 10.6 Å². The highest BCUT2D eigenvalue weighted by Gasteiger charge is 2.31. The first-order chi connectivity index (χ1) is 13.1. The first-order valence-corrected chi connectivity index (χ1v) is 11.6. The average Bonchev–Trinajstić information content (AvgIpc) is 3.42. The lowest BCUT2D eigenvalue weighted by Gasteiger charge is -2.22. The SMILES string of the molecule is CCN(c1ccccc1)S(=O)(=O)c1cn(C2CCCC2)nc1-c1cccs1. The summed E-state index contributed by atoms with van der Waals surface area (Å²) in [7, 11) is -3.71. The molecule has 5 nitrogen and oxygen atoms in total. The second kappa shape index (κ2) is 7.48. The van der Waals surface area contributed by atoms with Gasteiger partial charge in [-0.3, -0.25) is 8.99 Å². The van der Waals surface area contributed by atoms with Gasteiger partial charge in [-0.2, -0.15) is 5.10 Å². The first-order valence-electron chi connectivity index (χ1n) is 9.32. The maximum absolute atomic E-state index is 13.6. The van der Waals surface area contributed by atoms with Gasteiger partial charge in [0.2, 0.25) is 0 Å². The lowest BCUT2D eigenvalue weighted by Crippen LogP contribution is -2.30. The molecule has 0 N–H and O–H groups in total. The Labute approximate surface area is 164 Å². The number of nitrogens with zero attached hydrogens (tertiary/aromatic N) is 3. The molecule has 4 rings (SSSR count). The van der Waals surface area contributed by atoms with Crippen LogP contribution in [0.5, 0.6) is 0 Å². The van der Waals surface area contributed by atoms with Crippen LogP contribution < -0.4 is 4.31 Å². The zero-order valence-electron chi connectivity index (χ0n) is 15.3. The molecule has 7 heteroatoms. The third-order valence-electron chi connectivity index (χ3n) is 5.05. The van der Waals surface area contributed by atoms with Gasteiger partial charge in [0.05, 0.1) is 16.6 Å². The van der Waals surface area contributed by atoms with E-state index in [1.807, 2.05) is 59.5 Å². The number of hydrogen-bond acceptors (Lipinski definition) is 4. The molecule has 0 radical (unpaired) electrons. The van der Waals surface area contributed by atoms with Gasteiger partial charge in [0, 0.05) is 12.7 Å². The van der Waals surface area contributed by atoms with Crippen LogP contribution in [0.1, 0.15) is 38.6 Å². The van der Waals surface area contributed by atoms with E-state index in [2.05, 4.69) is 0 Å². The van der Waals surface area contributed by atoms with E-state index in [1.165, 1.54) is 28.5 Å². The van der Waals surface area contributed by atoms with Crippen molar-refractivity contribution in [2.75, 3.05) is 10.8 Å². The van der Waals surface area contributed by atoms with Crippen LogP contribution >= 0.6 is 11.3 Å². The Morgan fingerprint density at radius 3 is 2.52 bits per heavy atom. The number of aromatic nitrogens is 2. The molecule has 0 amide bonds. The van der Waals surface area contributed by atoms with Gasteiger partial charge >= 0.3 is 0 Å². The Bertz CT molecular complexity index is 989. The number of thiophene rings is 1. The molecule has 1 aliphatic rings. The van der Waals surface area contributed by atoms with E-state index in [4.69, 9.17) is 5.10 Å². The molecule has 0 aliphatic heterocycles.